The van der Waals surface area contributed by atoms with Gasteiger partial charge in [-0.1, -0.05) is 109 Å². The molecule has 0 spiro atoms. The third kappa shape index (κ3) is 5.45. The van der Waals surface area contributed by atoms with E-state index in [4.69, 9.17) is 4.98 Å². The number of pyridine rings is 3. The highest BCUT2D eigenvalue weighted by molar-refractivity contribution is 6.18. The van der Waals surface area contributed by atoms with Crippen LogP contribution in [0.4, 0.5) is 17.1 Å². The summed E-state index contributed by atoms with van der Waals surface area (Å²) in [5, 5.41) is 2.61. The second-order valence-electron chi connectivity index (χ2n) is 13.3. The minimum Gasteiger partial charge on any atom is -0.310 e. The van der Waals surface area contributed by atoms with Crippen LogP contribution >= 0.6 is 0 Å². The fraction of sp³-hybridized carbons (Fsp3) is 0. The molecule has 0 saturated carbocycles. The van der Waals surface area contributed by atoms with Crippen LogP contribution < -0.4 is 4.90 Å². The number of hydrogen-bond donors (Lipinski definition) is 0. The average molecular weight is 677 g/mol. The van der Waals surface area contributed by atoms with E-state index in [9.17, 15) is 0 Å². The molecular weight excluding hydrogens is 645 g/mol. The minimum atomic E-state index is 0.808. The van der Waals surface area contributed by atoms with E-state index in [-0.39, 0.29) is 0 Å². The van der Waals surface area contributed by atoms with E-state index in [1.807, 2.05) is 36.4 Å². The van der Waals surface area contributed by atoms with Crippen molar-refractivity contribution in [3.8, 4) is 67.3 Å². The van der Waals surface area contributed by atoms with Crippen molar-refractivity contribution in [3.63, 3.8) is 0 Å². The topological polar surface area (TPSA) is 41.9 Å². The monoisotopic (exact) mass is 676 g/mol. The fourth-order valence-electron chi connectivity index (χ4n) is 7.69. The first-order chi connectivity index (χ1) is 26.3. The Morgan fingerprint density at radius 3 is 1.57 bits per heavy atom. The molecule has 0 N–H and O–H groups in total. The Balaban J connectivity index is 1.06. The summed E-state index contributed by atoms with van der Waals surface area (Å²) >= 11 is 0. The molecule has 0 unspecified atom stereocenters. The summed E-state index contributed by atoms with van der Waals surface area (Å²) < 4.78 is 0. The van der Waals surface area contributed by atoms with Crippen molar-refractivity contribution in [2.24, 2.45) is 0 Å². The Kier molecular flexibility index (Phi) is 7.43. The number of para-hydroxylation sites is 1. The van der Waals surface area contributed by atoms with Gasteiger partial charge < -0.3 is 4.90 Å². The van der Waals surface area contributed by atoms with E-state index < -0.39 is 0 Å². The summed E-state index contributed by atoms with van der Waals surface area (Å²) in [6.07, 6.45) is 3.60. The molecule has 4 nitrogen and oxygen atoms in total. The van der Waals surface area contributed by atoms with Gasteiger partial charge in [-0.3, -0.25) is 9.97 Å². The van der Waals surface area contributed by atoms with Crippen molar-refractivity contribution in [1.29, 1.82) is 0 Å². The van der Waals surface area contributed by atoms with E-state index in [0.29, 0.717) is 0 Å². The molecule has 0 bridgehead atoms. The summed E-state index contributed by atoms with van der Waals surface area (Å²) in [5.74, 6) is 0. The molecule has 1 aliphatic carbocycles. The lowest BCUT2D eigenvalue weighted by atomic mass is 9.94. The SMILES string of the molecule is c1ccc(N(c2ccc(-c3cc(-c4ccccn4)nc(-c4ccccn4)c3)cc2)c2cccc(-c3ccc4c5c(cccc35)-c3ccccc3-4)c2)cc1. The van der Waals surface area contributed by atoms with Crippen LogP contribution in [-0.4, -0.2) is 15.0 Å². The average Bonchev–Trinajstić information content (AvgIpc) is 3.57. The summed E-state index contributed by atoms with van der Waals surface area (Å²) in [6.45, 7) is 0. The third-order valence-electron chi connectivity index (χ3n) is 10.1. The summed E-state index contributed by atoms with van der Waals surface area (Å²) in [6, 6.07) is 64.3. The summed E-state index contributed by atoms with van der Waals surface area (Å²) in [5.41, 5.74) is 16.3. The van der Waals surface area contributed by atoms with Gasteiger partial charge in [-0.05, 0) is 128 Å². The number of aromatic nitrogens is 3. The summed E-state index contributed by atoms with van der Waals surface area (Å²) in [7, 11) is 0. The van der Waals surface area contributed by atoms with E-state index >= 15 is 0 Å². The number of benzene rings is 6. The molecule has 0 saturated heterocycles. The third-order valence-corrected chi connectivity index (χ3v) is 10.1. The van der Waals surface area contributed by atoms with Gasteiger partial charge >= 0.3 is 0 Å². The lowest BCUT2D eigenvalue weighted by Gasteiger charge is -2.26. The standard InChI is InChI=1S/C49H32N4/c1-2-13-36(14-3-1)53(38-15-10-12-34(30-38)39-26-27-44-41-17-5-4-16-40(41)43-19-11-18-42(39)49(43)44)37-24-22-33(23-25-37)35-31-47(45-20-6-8-28-50-45)52-48(32-35)46-21-7-9-29-51-46/h1-32H. The zero-order valence-corrected chi connectivity index (χ0v) is 28.8. The molecule has 53 heavy (non-hydrogen) atoms. The van der Waals surface area contributed by atoms with Gasteiger partial charge in [-0.15, -0.1) is 0 Å². The molecule has 6 aromatic carbocycles. The number of anilines is 3. The number of fused-ring (bicyclic) bond motifs is 3. The normalized spacial score (nSPS) is 11.4. The maximum Gasteiger partial charge on any atom is 0.0900 e. The van der Waals surface area contributed by atoms with Crippen LogP contribution in [0.2, 0.25) is 0 Å². The predicted octanol–water partition coefficient (Wildman–Crippen LogP) is 12.8. The number of hydrogen-bond acceptors (Lipinski definition) is 4. The van der Waals surface area contributed by atoms with Gasteiger partial charge in [0.25, 0.3) is 0 Å². The molecule has 0 radical (unpaired) electrons. The van der Waals surface area contributed by atoms with Crippen molar-refractivity contribution in [3.05, 3.63) is 194 Å². The Hall–Kier alpha value is -7.17. The molecule has 248 valence electrons. The second-order valence-corrected chi connectivity index (χ2v) is 13.3. The molecule has 0 aliphatic heterocycles. The maximum absolute atomic E-state index is 4.97. The molecular formula is C49H32N4. The molecule has 0 fully saturated rings. The van der Waals surface area contributed by atoms with Gasteiger partial charge in [0, 0.05) is 29.5 Å². The Bertz CT molecular complexity index is 2670. The fourth-order valence-corrected chi connectivity index (χ4v) is 7.69. The zero-order chi connectivity index (χ0) is 35.1. The number of nitrogens with zero attached hydrogens (tertiary/aromatic N) is 4. The largest absolute Gasteiger partial charge is 0.310 e. The molecule has 0 atom stereocenters. The predicted molar refractivity (Wildman–Crippen MR) is 218 cm³/mol. The molecule has 9 aromatic rings. The van der Waals surface area contributed by atoms with Gasteiger partial charge in [0.05, 0.1) is 22.8 Å². The zero-order valence-electron chi connectivity index (χ0n) is 28.8. The van der Waals surface area contributed by atoms with Crippen molar-refractivity contribution < 1.29 is 0 Å². The lowest BCUT2D eigenvalue weighted by Crippen LogP contribution is -2.09. The first-order valence-corrected chi connectivity index (χ1v) is 17.8. The van der Waals surface area contributed by atoms with E-state index in [1.165, 1.54) is 44.2 Å². The van der Waals surface area contributed by atoms with Crippen LogP contribution in [0.1, 0.15) is 0 Å². The summed E-state index contributed by atoms with van der Waals surface area (Å²) in [4.78, 5) is 16.5. The smallest absolute Gasteiger partial charge is 0.0900 e. The molecule has 3 aromatic heterocycles. The Labute approximate surface area is 308 Å². The highest BCUT2D eigenvalue weighted by Gasteiger charge is 2.23. The van der Waals surface area contributed by atoms with Crippen LogP contribution in [0.25, 0.3) is 78.1 Å². The second kappa shape index (κ2) is 12.9. The van der Waals surface area contributed by atoms with Crippen molar-refractivity contribution in [2.45, 2.75) is 0 Å². The first kappa shape index (κ1) is 30.6. The van der Waals surface area contributed by atoms with Crippen LogP contribution in [0, 0.1) is 0 Å². The highest BCUT2D eigenvalue weighted by Crippen LogP contribution is 2.49. The van der Waals surface area contributed by atoms with Crippen LogP contribution in [0.3, 0.4) is 0 Å². The van der Waals surface area contributed by atoms with Gasteiger partial charge in [0.2, 0.25) is 0 Å². The van der Waals surface area contributed by atoms with Crippen molar-refractivity contribution in [1.82, 2.24) is 15.0 Å². The molecule has 10 rings (SSSR count). The first-order valence-electron chi connectivity index (χ1n) is 17.8. The van der Waals surface area contributed by atoms with E-state index in [2.05, 4.69) is 160 Å². The van der Waals surface area contributed by atoms with Crippen LogP contribution in [-0.2, 0) is 0 Å². The molecule has 3 heterocycles. The van der Waals surface area contributed by atoms with Crippen LogP contribution in [0.15, 0.2) is 194 Å². The van der Waals surface area contributed by atoms with Crippen molar-refractivity contribution >= 4 is 27.8 Å². The minimum absolute atomic E-state index is 0.808. The molecule has 4 heteroatoms. The van der Waals surface area contributed by atoms with E-state index in [0.717, 1.165) is 51.0 Å². The Morgan fingerprint density at radius 1 is 0.321 bits per heavy atom. The maximum atomic E-state index is 4.97. The highest BCUT2D eigenvalue weighted by atomic mass is 15.1. The molecule has 0 amide bonds. The van der Waals surface area contributed by atoms with Gasteiger partial charge in [0.15, 0.2) is 0 Å². The quantitative estimate of drug-likeness (QED) is 0.168. The van der Waals surface area contributed by atoms with Crippen LogP contribution in [0.5, 0.6) is 0 Å². The number of rotatable bonds is 7. The van der Waals surface area contributed by atoms with Gasteiger partial charge in [-0.25, -0.2) is 4.98 Å². The van der Waals surface area contributed by atoms with E-state index in [1.54, 1.807) is 12.4 Å². The van der Waals surface area contributed by atoms with Crippen molar-refractivity contribution in [2.75, 3.05) is 4.90 Å². The molecule has 1 aliphatic rings. The van der Waals surface area contributed by atoms with Gasteiger partial charge in [-0.2, -0.15) is 0 Å². The lowest BCUT2D eigenvalue weighted by molar-refractivity contribution is 1.22. The van der Waals surface area contributed by atoms with Gasteiger partial charge in [0.1, 0.15) is 0 Å². The Morgan fingerprint density at radius 2 is 0.887 bits per heavy atom.